The van der Waals surface area contributed by atoms with Gasteiger partial charge < -0.3 is 4.74 Å². The van der Waals surface area contributed by atoms with Gasteiger partial charge in [0.1, 0.15) is 13.2 Å². The van der Waals surface area contributed by atoms with Crippen molar-refractivity contribution in [3.63, 3.8) is 0 Å². The van der Waals surface area contributed by atoms with Crippen molar-refractivity contribution in [3.8, 4) is 11.8 Å². The molecule has 0 aliphatic carbocycles. The summed E-state index contributed by atoms with van der Waals surface area (Å²) in [5, 5.41) is 0. The molecule has 126 valence electrons. The molecule has 5 heteroatoms. The average Bonchev–Trinajstić information content (AvgIpc) is 2.56. The predicted molar refractivity (Wildman–Crippen MR) is 92.9 cm³/mol. The largest absolute Gasteiger partial charge is 0.364 e. The first-order valence-electron chi connectivity index (χ1n) is 7.52. The van der Waals surface area contributed by atoms with Crippen molar-refractivity contribution in [1.82, 2.24) is 0 Å². The molecule has 0 aliphatic rings. The molecule has 2 rings (SSSR count). The normalized spacial score (nSPS) is 10.9. The second kappa shape index (κ2) is 8.65. The highest BCUT2D eigenvalue weighted by Gasteiger charge is 2.13. The maximum atomic E-state index is 11.9. The van der Waals surface area contributed by atoms with Crippen molar-refractivity contribution in [3.05, 3.63) is 65.2 Å². The van der Waals surface area contributed by atoms with E-state index in [1.807, 2.05) is 38.1 Å². The second-order valence-corrected chi connectivity index (χ2v) is 6.98. The van der Waals surface area contributed by atoms with E-state index < -0.39 is 10.1 Å². The molecule has 2 aromatic rings. The molecule has 0 unspecified atom stereocenters. The third-order valence-corrected chi connectivity index (χ3v) is 4.56. The van der Waals surface area contributed by atoms with Gasteiger partial charge in [0.15, 0.2) is 0 Å². The molecule has 2 aromatic carbocycles. The van der Waals surface area contributed by atoms with Crippen LogP contribution in [0.25, 0.3) is 0 Å². The summed E-state index contributed by atoms with van der Waals surface area (Å²) in [5.41, 5.74) is 3.26. The Bertz CT molecular complexity index is 810. The number of ether oxygens (including phenoxy) is 1. The van der Waals surface area contributed by atoms with E-state index in [2.05, 4.69) is 11.8 Å². The molecule has 0 spiro atoms. The molecular formula is C19H20O4S. The van der Waals surface area contributed by atoms with Crippen molar-refractivity contribution in [1.29, 1.82) is 0 Å². The van der Waals surface area contributed by atoms with Crippen LogP contribution in [0.5, 0.6) is 0 Å². The molecule has 0 N–H and O–H groups in total. The molecular weight excluding hydrogens is 324 g/mol. The van der Waals surface area contributed by atoms with Crippen molar-refractivity contribution in [2.24, 2.45) is 0 Å². The van der Waals surface area contributed by atoms with E-state index >= 15 is 0 Å². The number of aryl methyl sites for hydroxylation is 2. The first kappa shape index (κ1) is 18.2. The predicted octanol–water partition coefficient (Wildman–Crippen LogP) is 3.23. The maximum absolute atomic E-state index is 11.9. The Kier molecular flexibility index (Phi) is 6.56. The van der Waals surface area contributed by atoms with E-state index in [4.69, 9.17) is 8.92 Å². The quantitative estimate of drug-likeness (QED) is 0.459. The Hall–Kier alpha value is -2.13. The van der Waals surface area contributed by atoms with E-state index in [-0.39, 0.29) is 18.1 Å². The van der Waals surface area contributed by atoms with Gasteiger partial charge in [-0.1, -0.05) is 59.4 Å². The van der Waals surface area contributed by atoms with Crippen LogP contribution in [0.15, 0.2) is 53.4 Å². The highest BCUT2D eigenvalue weighted by Crippen LogP contribution is 2.12. The maximum Gasteiger partial charge on any atom is 0.297 e. The number of rotatable bonds is 6. The lowest BCUT2D eigenvalue weighted by molar-refractivity contribution is 0.153. The zero-order valence-electron chi connectivity index (χ0n) is 13.8. The number of hydrogen-bond donors (Lipinski definition) is 0. The minimum absolute atomic E-state index is 0.130. The van der Waals surface area contributed by atoms with Crippen molar-refractivity contribution >= 4 is 10.1 Å². The van der Waals surface area contributed by atoms with Gasteiger partial charge in [-0.15, -0.1) is 0 Å². The molecule has 0 atom stereocenters. The number of benzene rings is 2. The molecule has 0 heterocycles. The summed E-state index contributed by atoms with van der Waals surface area (Å²) in [6, 6.07) is 14.5. The van der Waals surface area contributed by atoms with E-state index in [9.17, 15) is 8.42 Å². The summed E-state index contributed by atoms with van der Waals surface area (Å²) < 4.78 is 34.1. The Morgan fingerprint density at radius 1 is 0.833 bits per heavy atom. The molecule has 0 fully saturated rings. The fourth-order valence-corrected chi connectivity index (χ4v) is 2.71. The van der Waals surface area contributed by atoms with Crippen molar-refractivity contribution in [2.75, 3.05) is 13.2 Å². The molecule has 0 aromatic heterocycles. The summed E-state index contributed by atoms with van der Waals surface area (Å²) >= 11 is 0. The smallest absolute Gasteiger partial charge is 0.297 e. The molecule has 0 saturated heterocycles. The van der Waals surface area contributed by atoms with Crippen LogP contribution in [0.4, 0.5) is 0 Å². The fraction of sp³-hybridized carbons (Fsp3) is 0.263. The van der Waals surface area contributed by atoms with Gasteiger partial charge >= 0.3 is 0 Å². The first-order chi connectivity index (χ1) is 11.5. The van der Waals surface area contributed by atoms with E-state index in [1.165, 1.54) is 17.7 Å². The van der Waals surface area contributed by atoms with E-state index in [0.29, 0.717) is 6.61 Å². The highest BCUT2D eigenvalue weighted by atomic mass is 32.2. The van der Waals surface area contributed by atoms with Gasteiger partial charge in [0, 0.05) is 0 Å². The van der Waals surface area contributed by atoms with E-state index in [0.717, 1.165) is 11.1 Å². The van der Waals surface area contributed by atoms with Crippen LogP contribution in [0.2, 0.25) is 0 Å². The minimum atomic E-state index is -3.76. The van der Waals surface area contributed by atoms with Gasteiger partial charge in [0.2, 0.25) is 0 Å². The van der Waals surface area contributed by atoms with Gasteiger partial charge in [-0.3, -0.25) is 4.18 Å². The summed E-state index contributed by atoms with van der Waals surface area (Å²) in [7, 11) is -3.76. The van der Waals surface area contributed by atoms with Crippen LogP contribution >= 0.6 is 0 Å². The lowest BCUT2D eigenvalue weighted by Crippen LogP contribution is -2.06. The SMILES string of the molecule is Cc1ccc(COCC#CCOS(=O)(=O)c2ccc(C)cc2)cc1. The monoisotopic (exact) mass is 344 g/mol. The highest BCUT2D eigenvalue weighted by molar-refractivity contribution is 7.86. The number of hydrogen-bond acceptors (Lipinski definition) is 4. The second-order valence-electron chi connectivity index (χ2n) is 5.36. The molecule has 0 saturated carbocycles. The molecule has 0 aliphatic heterocycles. The average molecular weight is 344 g/mol. The van der Waals surface area contributed by atoms with E-state index in [1.54, 1.807) is 12.1 Å². The van der Waals surface area contributed by atoms with Gasteiger partial charge in [-0.05, 0) is 31.5 Å². The van der Waals surface area contributed by atoms with Gasteiger partial charge in [0.05, 0.1) is 11.5 Å². The molecule has 0 bridgehead atoms. The summed E-state index contributed by atoms with van der Waals surface area (Å²) in [5.74, 6) is 5.38. The Balaban J connectivity index is 1.73. The lowest BCUT2D eigenvalue weighted by atomic mass is 10.2. The Morgan fingerprint density at radius 3 is 2.00 bits per heavy atom. The van der Waals surface area contributed by atoms with Gasteiger partial charge in [-0.2, -0.15) is 8.42 Å². The minimum Gasteiger partial charge on any atom is -0.364 e. The molecule has 0 amide bonds. The van der Waals surface area contributed by atoms with Gasteiger partial charge in [-0.25, -0.2) is 0 Å². The summed E-state index contributed by atoms with van der Waals surface area (Å²) in [4.78, 5) is 0.130. The standard InChI is InChI=1S/C19H20O4S/c1-16-5-9-18(10-6-16)15-22-13-3-4-14-23-24(20,21)19-11-7-17(2)8-12-19/h5-12H,13-15H2,1-2H3. The van der Waals surface area contributed by atoms with Crippen LogP contribution < -0.4 is 0 Å². The summed E-state index contributed by atoms with van der Waals surface area (Å²) in [6.45, 7) is 4.42. The lowest BCUT2D eigenvalue weighted by Gasteiger charge is -2.03. The third kappa shape index (κ3) is 5.82. The topological polar surface area (TPSA) is 52.6 Å². The van der Waals surface area contributed by atoms with Crippen LogP contribution in [-0.4, -0.2) is 21.6 Å². The Morgan fingerprint density at radius 2 is 1.38 bits per heavy atom. The zero-order valence-corrected chi connectivity index (χ0v) is 14.6. The van der Waals surface area contributed by atoms with Crippen molar-refractivity contribution in [2.45, 2.75) is 25.3 Å². The van der Waals surface area contributed by atoms with Gasteiger partial charge in [0.25, 0.3) is 10.1 Å². The Labute approximate surface area is 143 Å². The van der Waals surface area contributed by atoms with Crippen LogP contribution in [0.1, 0.15) is 16.7 Å². The van der Waals surface area contributed by atoms with Crippen LogP contribution in [-0.2, 0) is 25.6 Å². The fourth-order valence-electron chi connectivity index (χ4n) is 1.89. The summed E-state index contributed by atoms with van der Waals surface area (Å²) in [6.07, 6.45) is 0. The van der Waals surface area contributed by atoms with Crippen molar-refractivity contribution < 1.29 is 17.3 Å². The molecule has 4 nitrogen and oxygen atoms in total. The van der Waals surface area contributed by atoms with Crippen LogP contribution in [0, 0.1) is 25.7 Å². The third-order valence-electron chi connectivity index (χ3n) is 3.28. The molecule has 24 heavy (non-hydrogen) atoms. The first-order valence-corrected chi connectivity index (χ1v) is 8.93. The molecule has 0 radical (unpaired) electrons. The van der Waals surface area contributed by atoms with Crippen LogP contribution in [0.3, 0.4) is 0 Å². The zero-order chi connectivity index (χ0) is 17.4.